The molecular weight excluding hydrogens is 333 g/mol. The van der Waals surface area contributed by atoms with Crippen LogP contribution in [0.4, 0.5) is 0 Å². The molecule has 1 aliphatic heterocycles. The van der Waals surface area contributed by atoms with E-state index in [-0.39, 0.29) is 42.8 Å². The van der Waals surface area contributed by atoms with Crippen LogP contribution in [0, 0.1) is 5.92 Å². The fraction of sp³-hybridized carbons (Fsp3) is 0.588. The summed E-state index contributed by atoms with van der Waals surface area (Å²) < 4.78 is 0. The van der Waals surface area contributed by atoms with Gasteiger partial charge < -0.3 is 11.1 Å². The number of hydrogen-bond acceptors (Lipinski definition) is 3. The van der Waals surface area contributed by atoms with E-state index in [1.54, 1.807) is 0 Å². The number of fused-ring (bicyclic) bond motifs is 1. The highest BCUT2D eigenvalue weighted by Gasteiger charge is 2.33. The van der Waals surface area contributed by atoms with Crippen LogP contribution in [0.15, 0.2) is 24.3 Å². The van der Waals surface area contributed by atoms with Gasteiger partial charge in [-0.3, -0.25) is 9.69 Å². The second kappa shape index (κ2) is 8.88. The van der Waals surface area contributed by atoms with Crippen molar-refractivity contribution in [3.8, 4) is 0 Å². The van der Waals surface area contributed by atoms with Crippen molar-refractivity contribution in [3.05, 3.63) is 35.4 Å². The van der Waals surface area contributed by atoms with Crippen LogP contribution in [-0.4, -0.2) is 36.0 Å². The molecular formula is C17H27Cl2N3O. The van der Waals surface area contributed by atoms with Gasteiger partial charge in [0, 0.05) is 25.7 Å². The summed E-state index contributed by atoms with van der Waals surface area (Å²) in [5.74, 6) is 0.727. The first-order chi connectivity index (χ1) is 10.2. The highest BCUT2D eigenvalue weighted by molar-refractivity contribution is 5.85. The van der Waals surface area contributed by atoms with Gasteiger partial charge in [-0.15, -0.1) is 24.8 Å². The van der Waals surface area contributed by atoms with E-state index in [2.05, 4.69) is 34.5 Å². The highest BCUT2D eigenvalue weighted by atomic mass is 35.5. The van der Waals surface area contributed by atoms with Crippen LogP contribution in [0.25, 0.3) is 0 Å². The molecule has 0 spiro atoms. The smallest absolute Gasteiger partial charge is 0.237 e. The molecule has 3 N–H and O–H groups in total. The Morgan fingerprint density at radius 2 is 1.96 bits per heavy atom. The molecule has 0 radical (unpaired) electrons. The van der Waals surface area contributed by atoms with E-state index >= 15 is 0 Å². The number of rotatable bonds is 5. The summed E-state index contributed by atoms with van der Waals surface area (Å²) in [6, 6.07) is 8.59. The number of nitrogens with zero attached hydrogens (tertiary/aromatic N) is 1. The first-order valence-electron chi connectivity index (χ1n) is 8.00. The van der Waals surface area contributed by atoms with Gasteiger partial charge in [-0.1, -0.05) is 24.3 Å². The number of hydrogen-bond donors (Lipinski definition) is 2. The van der Waals surface area contributed by atoms with Crippen LogP contribution >= 0.6 is 24.8 Å². The van der Waals surface area contributed by atoms with Gasteiger partial charge in [-0.2, -0.15) is 0 Å². The maximum atomic E-state index is 12.4. The Labute approximate surface area is 151 Å². The Morgan fingerprint density at radius 1 is 1.30 bits per heavy atom. The molecule has 2 unspecified atom stereocenters. The van der Waals surface area contributed by atoms with Crippen molar-refractivity contribution in [1.82, 2.24) is 10.2 Å². The molecule has 23 heavy (non-hydrogen) atoms. The van der Waals surface area contributed by atoms with Crippen molar-refractivity contribution in [2.24, 2.45) is 11.7 Å². The average Bonchev–Trinajstić information content (AvgIpc) is 3.36. The molecule has 1 saturated carbocycles. The molecule has 6 heteroatoms. The van der Waals surface area contributed by atoms with E-state index in [9.17, 15) is 4.79 Å². The normalized spacial score (nSPS) is 19.6. The first kappa shape index (κ1) is 20.2. The minimum absolute atomic E-state index is 0. The molecule has 2 atom stereocenters. The molecule has 1 amide bonds. The lowest BCUT2D eigenvalue weighted by molar-refractivity contribution is -0.127. The summed E-state index contributed by atoms with van der Waals surface area (Å²) in [5.41, 5.74) is 8.54. The topological polar surface area (TPSA) is 58.4 Å². The summed E-state index contributed by atoms with van der Waals surface area (Å²) in [5, 5.41) is 3.14. The third-order valence-corrected chi connectivity index (χ3v) is 4.86. The summed E-state index contributed by atoms with van der Waals surface area (Å²) in [6.45, 7) is 4.36. The van der Waals surface area contributed by atoms with E-state index < -0.39 is 0 Å². The maximum Gasteiger partial charge on any atom is 0.237 e. The SMILES string of the molecule is CC(C(=O)NC(CN)C1CC1)N1CCc2ccccc2C1.Cl.Cl. The molecule has 1 aliphatic carbocycles. The Balaban J connectivity index is 0.00000132. The Hall–Kier alpha value is -0.810. The van der Waals surface area contributed by atoms with Crippen LogP contribution in [0.2, 0.25) is 0 Å². The van der Waals surface area contributed by atoms with Crippen LogP contribution < -0.4 is 11.1 Å². The van der Waals surface area contributed by atoms with Gasteiger partial charge in [0.1, 0.15) is 0 Å². The van der Waals surface area contributed by atoms with Gasteiger partial charge in [0.05, 0.1) is 6.04 Å². The minimum Gasteiger partial charge on any atom is -0.350 e. The van der Waals surface area contributed by atoms with Crippen LogP contribution in [-0.2, 0) is 17.8 Å². The Bertz CT molecular complexity index is 522. The van der Waals surface area contributed by atoms with Crippen LogP contribution in [0.5, 0.6) is 0 Å². The molecule has 0 bridgehead atoms. The Kier molecular flexibility index (Phi) is 7.81. The predicted molar refractivity (Wildman–Crippen MR) is 98.2 cm³/mol. The number of carbonyl (C=O) groups is 1. The van der Waals surface area contributed by atoms with Crippen molar-refractivity contribution in [1.29, 1.82) is 0 Å². The van der Waals surface area contributed by atoms with Gasteiger partial charge in [0.25, 0.3) is 0 Å². The summed E-state index contributed by atoms with van der Waals surface area (Å²) in [7, 11) is 0. The number of nitrogens with one attached hydrogen (secondary N) is 1. The molecule has 3 rings (SSSR count). The molecule has 0 aromatic heterocycles. The molecule has 1 heterocycles. The molecule has 4 nitrogen and oxygen atoms in total. The zero-order chi connectivity index (χ0) is 14.8. The van der Waals surface area contributed by atoms with Gasteiger partial charge in [-0.05, 0) is 43.2 Å². The maximum absolute atomic E-state index is 12.4. The highest BCUT2D eigenvalue weighted by Crippen LogP contribution is 2.32. The van der Waals surface area contributed by atoms with Crippen molar-refractivity contribution >= 4 is 30.7 Å². The van der Waals surface area contributed by atoms with Gasteiger partial charge in [0.15, 0.2) is 0 Å². The molecule has 2 aliphatic rings. The standard InChI is InChI=1S/C17H25N3O.2ClH/c1-12(17(21)19-16(10-18)14-6-7-14)20-9-8-13-4-2-3-5-15(13)11-20;;/h2-5,12,14,16H,6-11,18H2,1H3,(H,19,21);2*1H. The third kappa shape index (κ3) is 4.83. The quantitative estimate of drug-likeness (QED) is 0.846. The predicted octanol–water partition coefficient (Wildman–Crippen LogP) is 2.13. The Morgan fingerprint density at radius 3 is 2.57 bits per heavy atom. The summed E-state index contributed by atoms with van der Waals surface area (Å²) in [4.78, 5) is 14.7. The zero-order valence-corrected chi connectivity index (χ0v) is 15.2. The third-order valence-electron chi connectivity index (χ3n) is 4.86. The lowest BCUT2D eigenvalue weighted by Crippen LogP contribution is -2.51. The van der Waals surface area contributed by atoms with Gasteiger partial charge in [0.2, 0.25) is 5.91 Å². The minimum atomic E-state index is -0.0915. The van der Waals surface area contributed by atoms with E-state index in [0.29, 0.717) is 12.5 Å². The van der Waals surface area contributed by atoms with Crippen LogP contribution in [0.3, 0.4) is 0 Å². The van der Waals surface area contributed by atoms with E-state index in [1.165, 1.54) is 24.0 Å². The fourth-order valence-electron chi connectivity index (χ4n) is 3.19. The van der Waals surface area contributed by atoms with Crippen molar-refractivity contribution in [2.75, 3.05) is 13.1 Å². The van der Waals surface area contributed by atoms with Crippen molar-refractivity contribution < 1.29 is 4.79 Å². The number of nitrogens with two attached hydrogens (primary N) is 1. The summed E-state index contributed by atoms with van der Waals surface area (Å²) in [6.07, 6.45) is 3.43. The van der Waals surface area contributed by atoms with Gasteiger partial charge in [-0.25, -0.2) is 0 Å². The zero-order valence-electron chi connectivity index (χ0n) is 13.5. The lowest BCUT2D eigenvalue weighted by Gasteiger charge is -2.33. The van der Waals surface area contributed by atoms with Crippen LogP contribution in [0.1, 0.15) is 30.9 Å². The molecule has 1 aromatic rings. The number of halogens is 2. The average molecular weight is 360 g/mol. The lowest BCUT2D eigenvalue weighted by atomic mass is 9.98. The van der Waals surface area contributed by atoms with E-state index in [1.807, 2.05) is 6.92 Å². The molecule has 0 saturated heterocycles. The number of benzene rings is 1. The van der Waals surface area contributed by atoms with Crippen molar-refractivity contribution in [2.45, 2.75) is 44.8 Å². The van der Waals surface area contributed by atoms with E-state index in [4.69, 9.17) is 5.73 Å². The fourth-order valence-corrected chi connectivity index (χ4v) is 3.19. The number of carbonyl (C=O) groups excluding carboxylic acids is 1. The molecule has 130 valence electrons. The van der Waals surface area contributed by atoms with E-state index in [0.717, 1.165) is 19.5 Å². The monoisotopic (exact) mass is 359 g/mol. The summed E-state index contributed by atoms with van der Waals surface area (Å²) >= 11 is 0. The first-order valence-corrected chi connectivity index (χ1v) is 8.00. The number of amides is 1. The largest absolute Gasteiger partial charge is 0.350 e. The van der Waals surface area contributed by atoms with Crippen molar-refractivity contribution in [3.63, 3.8) is 0 Å². The molecule has 1 aromatic carbocycles. The second-order valence-electron chi connectivity index (χ2n) is 6.35. The van der Waals surface area contributed by atoms with Gasteiger partial charge >= 0.3 is 0 Å². The second-order valence-corrected chi connectivity index (χ2v) is 6.35. The molecule has 1 fully saturated rings.